The van der Waals surface area contributed by atoms with Crippen LogP contribution in [0, 0.1) is 11.3 Å². The van der Waals surface area contributed by atoms with E-state index >= 15 is 0 Å². The highest BCUT2D eigenvalue weighted by Gasteiger charge is 2.09. The molecule has 2 aromatic carbocycles. The topological polar surface area (TPSA) is 39.6 Å². The van der Waals surface area contributed by atoms with E-state index in [1.54, 1.807) is 6.08 Å². The van der Waals surface area contributed by atoms with Gasteiger partial charge in [-0.15, -0.1) is 0 Å². The molecule has 1 N–H and O–H groups in total. The number of rotatable bonds is 2. The van der Waals surface area contributed by atoms with Crippen LogP contribution >= 0.6 is 11.6 Å². The van der Waals surface area contributed by atoms with Crippen molar-refractivity contribution in [3.63, 3.8) is 0 Å². The first-order chi connectivity index (χ1) is 9.79. The normalized spacial score (nSPS) is 11.5. The largest absolute Gasteiger partial charge is 0.360 e. The Morgan fingerprint density at radius 1 is 1.10 bits per heavy atom. The Labute approximate surface area is 121 Å². The first-order valence-corrected chi connectivity index (χ1v) is 6.59. The number of allylic oxidation sites excluding steroid dienone is 1. The average molecular weight is 279 g/mol. The average Bonchev–Trinajstić information content (AvgIpc) is 2.94. The van der Waals surface area contributed by atoms with Crippen LogP contribution in [-0.2, 0) is 0 Å². The Morgan fingerprint density at radius 3 is 2.65 bits per heavy atom. The Bertz CT molecular complexity index is 823. The van der Waals surface area contributed by atoms with Crippen LogP contribution < -0.4 is 0 Å². The summed E-state index contributed by atoms with van der Waals surface area (Å²) in [5, 5.41) is 10.7. The molecule has 1 aromatic heterocycles. The van der Waals surface area contributed by atoms with Crippen molar-refractivity contribution in [2.45, 2.75) is 0 Å². The van der Waals surface area contributed by atoms with Gasteiger partial charge in [0.1, 0.15) is 0 Å². The minimum Gasteiger partial charge on any atom is -0.360 e. The Hall–Kier alpha value is -2.50. The van der Waals surface area contributed by atoms with Gasteiger partial charge in [-0.2, -0.15) is 5.26 Å². The highest BCUT2D eigenvalue weighted by molar-refractivity contribution is 6.35. The van der Waals surface area contributed by atoms with Gasteiger partial charge in [-0.25, -0.2) is 0 Å². The lowest BCUT2D eigenvalue weighted by atomic mass is 9.97. The number of hydrogen-bond acceptors (Lipinski definition) is 1. The maximum absolute atomic E-state index is 9.04. The van der Waals surface area contributed by atoms with Gasteiger partial charge in [-0.1, -0.05) is 41.9 Å². The van der Waals surface area contributed by atoms with Crippen molar-refractivity contribution < 1.29 is 0 Å². The lowest BCUT2D eigenvalue weighted by Crippen LogP contribution is -1.88. The molecule has 0 bridgehead atoms. The van der Waals surface area contributed by atoms with E-state index in [1.807, 2.05) is 54.7 Å². The molecule has 0 fully saturated rings. The molecule has 0 aliphatic heterocycles. The van der Waals surface area contributed by atoms with Gasteiger partial charge in [-0.05, 0) is 34.9 Å². The summed E-state index contributed by atoms with van der Waals surface area (Å²) in [4.78, 5) is 3.11. The van der Waals surface area contributed by atoms with Gasteiger partial charge >= 0.3 is 0 Å². The summed E-state index contributed by atoms with van der Waals surface area (Å²) in [6, 6.07) is 17.8. The second kappa shape index (κ2) is 5.24. The molecule has 0 saturated carbocycles. The minimum absolute atomic E-state index is 0.655. The molecule has 0 radical (unpaired) electrons. The summed E-state index contributed by atoms with van der Waals surface area (Å²) in [6.07, 6.45) is 3.41. The van der Waals surface area contributed by atoms with E-state index in [-0.39, 0.29) is 0 Å². The second-order valence-electron chi connectivity index (χ2n) is 4.45. The zero-order valence-electron chi connectivity index (χ0n) is 10.6. The highest BCUT2D eigenvalue weighted by atomic mass is 35.5. The van der Waals surface area contributed by atoms with Crippen LogP contribution in [0.3, 0.4) is 0 Å². The fourth-order valence-electron chi connectivity index (χ4n) is 2.30. The molecule has 0 unspecified atom stereocenters. The second-order valence-corrected chi connectivity index (χ2v) is 4.86. The molecule has 0 aliphatic carbocycles. The molecule has 3 rings (SSSR count). The number of nitrogens with one attached hydrogen (secondary N) is 1. The van der Waals surface area contributed by atoms with E-state index < -0.39 is 0 Å². The molecule has 20 heavy (non-hydrogen) atoms. The number of nitrogens with zero attached hydrogens (tertiary/aromatic N) is 1. The van der Waals surface area contributed by atoms with Crippen molar-refractivity contribution in [3.05, 3.63) is 77.0 Å². The molecule has 0 aliphatic rings. The van der Waals surface area contributed by atoms with Gasteiger partial charge in [0.15, 0.2) is 0 Å². The Kier molecular flexibility index (Phi) is 3.28. The van der Waals surface area contributed by atoms with Crippen LogP contribution in [0.5, 0.6) is 0 Å². The van der Waals surface area contributed by atoms with Gasteiger partial charge in [-0.3, -0.25) is 0 Å². The van der Waals surface area contributed by atoms with Crippen molar-refractivity contribution in [2.24, 2.45) is 0 Å². The predicted molar refractivity (Wildman–Crippen MR) is 82.4 cm³/mol. The molecule has 1 heterocycles. The SMILES string of the molecule is N#C/C=C(\c1ccccc1)c1cc(Cl)c2[nH]ccc2c1. The molecule has 0 amide bonds. The van der Waals surface area contributed by atoms with E-state index in [9.17, 15) is 0 Å². The number of aromatic nitrogens is 1. The van der Waals surface area contributed by atoms with Gasteiger partial charge < -0.3 is 4.98 Å². The smallest absolute Gasteiger partial charge is 0.0918 e. The monoisotopic (exact) mass is 278 g/mol. The van der Waals surface area contributed by atoms with Gasteiger partial charge in [0.25, 0.3) is 0 Å². The number of aromatic amines is 1. The standard InChI is InChI=1S/C17H11ClN2/c18-16-11-14(10-13-7-9-20-17(13)16)15(6-8-19)12-4-2-1-3-5-12/h1-7,9-11,20H/b15-6+. The van der Waals surface area contributed by atoms with Crippen molar-refractivity contribution >= 4 is 28.1 Å². The molecule has 3 aromatic rings. The number of halogens is 1. The maximum atomic E-state index is 9.04. The summed E-state index contributed by atoms with van der Waals surface area (Å²) in [7, 11) is 0. The lowest BCUT2D eigenvalue weighted by Gasteiger charge is -2.08. The molecule has 2 nitrogen and oxygen atoms in total. The third-order valence-electron chi connectivity index (χ3n) is 3.22. The summed E-state index contributed by atoms with van der Waals surface area (Å²) in [5.41, 5.74) is 3.73. The number of H-pyrrole nitrogens is 1. The minimum atomic E-state index is 0.655. The van der Waals surface area contributed by atoms with Crippen LogP contribution in [0.2, 0.25) is 5.02 Å². The van der Waals surface area contributed by atoms with Gasteiger partial charge in [0.05, 0.1) is 16.6 Å². The highest BCUT2D eigenvalue weighted by Crippen LogP contribution is 2.30. The third kappa shape index (κ3) is 2.20. The van der Waals surface area contributed by atoms with Gasteiger partial charge in [0.2, 0.25) is 0 Å². The lowest BCUT2D eigenvalue weighted by molar-refractivity contribution is 1.47. The Balaban J connectivity index is 2.21. The van der Waals surface area contributed by atoms with E-state index in [1.165, 1.54) is 0 Å². The first kappa shape index (κ1) is 12.5. The van der Waals surface area contributed by atoms with Crippen molar-refractivity contribution in [1.29, 1.82) is 5.26 Å². The van der Waals surface area contributed by atoms with Crippen LogP contribution in [0.15, 0.2) is 60.8 Å². The quantitative estimate of drug-likeness (QED) is 0.674. The summed E-state index contributed by atoms with van der Waals surface area (Å²) in [5.74, 6) is 0. The number of fused-ring (bicyclic) bond motifs is 1. The maximum Gasteiger partial charge on any atom is 0.0918 e. The van der Waals surface area contributed by atoms with Crippen LogP contribution in [-0.4, -0.2) is 4.98 Å². The predicted octanol–water partition coefficient (Wildman–Crippen LogP) is 4.78. The molecule has 3 heteroatoms. The number of hydrogen-bond donors (Lipinski definition) is 1. The summed E-state index contributed by atoms with van der Waals surface area (Å²) >= 11 is 6.29. The Morgan fingerprint density at radius 2 is 1.90 bits per heavy atom. The summed E-state index contributed by atoms with van der Waals surface area (Å²) < 4.78 is 0. The number of benzene rings is 2. The van der Waals surface area contributed by atoms with E-state index in [0.29, 0.717) is 5.02 Å². The fourth-order valence-corrected chi connectivity index (χ4v) is 2.58. The molecular weight excluding hydrogens is 268 g/mol. The zero-order valence-corrected chi connectivity index (χ0v) is 11.4. The zero-order chi connectivity index (χ0) is 13.9. The van der Waals surface area contributed by atoms with Crippen LogP contribution in [0.1, 0.15) is 11.1 Å². The molecule has 96 valence electrons. The third-order valence-corrected chi connectivity index (χ3v) is 3.51. The van der Waals surface area contributed by atoms with Crippen molar-refractivity contribution in [1.82, 2.24) is 4.98 Å². The molecule has 0 saturated heterocycles. The molecular formula is C17H11ClN2. The van der Waals surface area contributed by atoms with Crippen LogP contribution in [0.4, 0.5) is 0 Å². The molecule has 0 spiro atoms. The summed E-state index contributed by atoms with van der Waals surface area (Å²) in [6.45, 7) is 0. The fraction of sp³-hybridized carbons (Fsp3) is 0. The van der Waals surface area contributed by atoms with Gasteiger partial charge in [0, 0.05) is 17.7 Å². The van der Waals surface area contributed by atoms with E-state index in [2.05, 4.69) is 11.1 Å². The van der Waals surface area contributed by atoms with E-state index in [4.69, 9.17) is 16.9 Å². The first-order valence-electron chi connectivity index (χ1n) is 6.22. The number of nitriles is 1. The molecule has 0 atom stereocenters. The van der Waals surface area contributed by atoms with Crippen molar-refractivity contribution in [2.75, 3.05) is 0 Å². The van der Waals surface area contributed by atoms with Crippen molar-refractivity contribution in [3.8, 4) is 6.07 Å². The van der Waals surface area contributed by atoms with E-state index in [0.717, 1.165) is 27.6 Å². The van der Waals surface area contributed by atoms with Crippen LogP contribution in [0.25, 0.3) is 16.5 Å².